The summed E-state index contributed by atoms with van der Waals surface area (Å²) in [4.78, 5) is 0. The largest absolute Gasteiger partial charge is 0.461 e. The fraction of sp³-hybridized carbons (Fsp3) is 0.806. The van der Waals surface area contributed by atoms with Gasteiger partial charge in [0.15, 0.2) is 11.6 Å². The lowest BCUT2D eigenvalue weighted by atomic mass is 9.69. The zero-order valence-electron chi connectivity index (χ0n) is 23.1. The molecule has 8 heteroatoms. The van der Waals surface area contributed by atoms with Gasteiger partial charge in [-0.1, -0.05) is 51.5 Å². The Labute approximate surface area is 229 Å². The molecule has 3 aliphatic rings. The fourth-order valence-corrected chi connectivity index (χ4v) is 6.89. The van der Waals surface area contributed by atoms with Crippen LogP contribution in [0.1, 0.15) is 115 Å². The van der Waals surface area contributed by atoms with Gasteiger partial charge in [-0.3, -0.25) is 4.39 Å². The number of ether oxygens (including phenoxy) is 1. The molecule has 0 unspecified atom stereocenters. The van der Waals surface area contributed by atoms with E-state index in [0.717, 1.165) is 63.0 Å². The highest BCUT2D eigenvalue weighted by atomic mass is 19.3. The van der Waals surface area contributed by atoms with Crippen molar-refractivity contribution in [3.05, 3.63) is 29.6 Å². The van der Waals surface area contributed by atoms with E-state index in [-0.39, 0.29) is 12.6 Å². The molecule has 4 rings (SSSR count). The quantitative estimate of drug-likeness (QED) is 0.270. The number of halogens is 7. The SMILES string of the molecule is CCCC1CCC(CCF)CC1.Fc1cc(C2CCC(C3CCC(F)CC3)CC2)ccc1OC(F)(F)C(F)F. The van der Waals surface area contributed by atoms with Crippen LogP contribution in [0.2, 0.25) is 0 Å². The van der Waals surface area contributed by atoms with E-state index in [1.807, 2.05) is 0 Å². The second kappa shape index (κ2) is 15.5. The Hall–Kier alpha value is -1.47. The molecule has 0 aromatic heterocycles. The molecule has 39 heavy (non-hydrogen) atoms. The first-order valence-corrected chi connectivity index (χ1v) is 15.0. The van der Waals surface area contributed by atoms with Crippen molar-refractivity contribution in [2.24, 2.45) is 23.7 Å². The summed E-state index contributed by atoms with van der Waals surface area (Å²) in [6.07, 6.45) is 6.20. The Morgan fingerprint density at radius 1 is 0.821 bits per heavy atom. The molecule has 0 radical (unpaired) electrons. The van der Waals surface area contributed by atoms with E-state index in [1.54, 1.807) is 0 Å². The van der Waals surface area contributed by atoms with Gasteiger partial charge >= 0.3 is 12.5 Å². The molecule has 0 bridgehead atoms. The van der Waals surface area contributed by atoms with Gasteiger partial charge in [0.25, 0.3) is 0 Å². The second-order valence-electron chi connectivity index (χ2n) is 11.9. The summed E-state index contributed by atoms with van der Waals surface area (Å²) in [7, 11) is 0. The third kappa shape index (κ3) is 9.84. The lowest BCUT2D eigenvalue weighted by molar-refractivity contribution is -0.254. The van der Waals surface area contributed by atoms with Crippen molar-refractivity contribution >= 4 is 0 Å². The van der Waals surface area contributed by atoms with E-state index in [4.69, 9.17) is 0 Å². The molecule has 3 fully saturated rings. The lowest BCUT2D eigenvalue weighted by Gasteiger charge is -2.36. The normalized spacial score (nSPS) is 30.0. The maximum absolute atomic E-state index is 14.1. The van der Waals surface area contributed by atoms with Crippen LogP contribution in [0.4, 0.5) is 30.7 Å². The molecule has 224 valence electrons. The Balaban J connectivity index is 0.000000293. The van der Waals surface area contributed by atoms with E-state index in [1.165, 1.54) is 44.6 Å². The van der Waals surface area contributed by atoms with Crippen LogP contribution in [0.3, 0.4) is 0 Å². The molecule has 3 saturated carbocycles. The van der Waals surface area contributed by atoms with Gasteiger partial charge in [-0.15, -0.1) is 0 Å². The van der Waals surface area contributed by atoms with Gasteiger partial charge < -0.3 is 4.74 Å². The van der Waals surface area contributed by atoms with E-state index in [2.05, 4.69) is 11.7 Å². The van der Waals surface area contributed by atoms with E-state index in [9.17, 15) is 30.7 Å². The molecule has 0 N–H and O–H groups in total. The van der Waals surface area contributed by atoms with Crippen LogP contribution < -0.4 is 4.74 Å². The van der Waals surface area contributed by atoms with Crippen molar-refractivity contribution in [1.82, 2.24) is 0 Å². The molecule has 0 saturated heterocycles. The van der Waals surface area contributed by atoms with Crippen LogP contribution in [0.5, 0.6) is 5.75 Å². The Morgan fingerprint density at radius 2 is 1.36 bits per heavy atom. The van der Waals surface area contributed by atoms with Gasteiger partial charge in [0.2, 0.25) is 0 Å². The van der Waals surface area contributed by atoms with Gasteiger partial charge in [0.05, 0.1) is 6.67 Å². The minimum absolute atomic E-state index is 0.108. The number of rotatable bonds is 9. The summed E-state index contributed by atoms with van der Waals surface area (Å²) in [5.74, 6) is 0.969. The van der Waals surface area contributed by atoms with E-state index >= 15 is 0 Å². The van der Waals surface area contributed by atoms with E-state index in [0.29, 0.717) is 36.2 Å². The summed E-state index contributed by atoms with van der Waals surface area (Å²) >= 11 is 0. The zero-order chi connectivity index (χ0) is 28.4. The highest BCUT2D eigenvalue weighted by Gasteiger charge is 2.44. The molecular formula is C31H45F7O. The van der Waals surface area contributed by atoms with Crippen LogP contribution in [-0.4, -0.2) is 25.4 Å². The van der Waals surface area contributed by atoms with Crippen molar-refractivity contribution in [3.8, 4) is 5.75 Å². The first-order valence-electron chi connectivity index (χ1n) is 15.0. The molecule has 1 aromatic rings. The Bertz CT molecular complexity index is 810. The third-order valence-corrected chi connectivity index (χ3v) is 9.25. The number of hydrogen-bond acceptors (Lipinski definition) is 1. The third-order valence-electron chi connectivity index (χ3n) is 9.25. The molecule has 0 amide bonds. The standard InChI is InChI=1S/C20H24F6O.C11H21F/c21-16-8-5-13(6-9-16)12-1-3-14(4-2-12)15-7-10-18(17(22)11-15)27-20(25,26)19(23)24;1-2-3-10-4-6-11(7-5-10)8-9-12/h7,10-14,16,19H,1-6,8-9H2;10-11H,2-9H2,1H3. The average Bonchev–Trinajstić information content (AvgIpc) is 2.92. The van der Waals surface area contributed by atoms with Gasteiger partial charge in [0.1, 0.15) is 6.17 Å². The van der Waals surface area contributed by atoms with Crippen LogP contribution in [-0.2, 0) is 0 Å². The van der Waals surface area contributed by atoms with Gasteiger partial charge in [0, 0.05) is 0 Å². The first-order chi connectivity index (χ1) is 18.6. The van der Waals surface area contributed by atoms with Crippen LogP contribution in [0.25, 0.3) is 0 Å². The average molecular weight is 567 g/mol. The topological polar surface area (TPSA) is 9.23 Å². The molecule has 1 aromatic carbocycles. The minimum Gasteiger partial charge on any atom is -0.425 e. The van der Waals surface area contributed by atoms with Crippen LogP contribution >= 0.6 is 0 Å². The predicted octanol–water partition coefficient (Wildman–Crippen LogP) is 10.8. The fourth-order valence-electron chi connectivity index (χ4n) is 6.89. The van der Waals surface area contributed by atoms with Gasteiger partial charge in [-0.05, 0) is 105 Å². The van der Waals surface area contributed by atoms with Crippen molar-refractivity contribution in [2.75, 3.05) is 6.67 Å². The smallest absolute Gasteiger partial charge is 0.425 e. The minimum atomic E-state index is -4.72. The maximum Gasteiger partial charge on any atom is 0.461 e. The molecular weight excluding hydrogens is 521 g/mol. The maximum atomic E-state index is 14.1. The van der Waals surface area contributed by atoms with Crippen LogP contribution in [0, 0.1) is 29.5 Å². The number of hydrogen-bond donors (Lipinski definition) is 0. The van der Waals surface area contributed by atoms with Gasteiger partial charge in [-0.25, -0.2) is 8.78 Å². The molecule has 1 nitrogen and oxygen atoms in total. The summed E-state index contributed by atoms with van der Waals surface area (Å²) < 4.78 is 93.5. The highest BCUT2D eigenvalue weighted by molar-refractivity contribution is 5.32. The molecule has 0 heterocycles. The molecule has 0 spiro atoms. The lowest BCUT2D eigenvalue weighted by Crippen LogP contribution is -2.33. The Kier molecular flexibility index (Phi) is 12.7. The molecule has 0 aliphatic heterocycles. The summed E-state index contributed by atoms with van der Waals surface area (Å²) in [5, 5.41) is 0. The highest BCUT2D eigenvalue weighted by Crippen LogP contribution is 2.44. The first kappa shape index (κ1) is 32.0. The summed E-state index contributed by atoms with van der Waals surface area (Å²) in [5.41, 5.74) is 0.672. The van der Waals surface area contributed by atoms with Crippen molar-refractivity contribution in [1.29, 1.82) is 0 Å². The molecule has 3 aliphatic carbocycles. The zero-order valence-corrected chi connectivity index (χ0v) is 23.1. The van der Waals surface area contributed by atoms with Crippen LogP contribution in [0.15, 0.2) is 18.2 Å². The van der Waals surface area contributed by atoms with E-state index < -0.39 is 30.3 Å². The second-order valence-corrected chi connectivity index (χ2v) is 11.9. The number of benzene rings is 1. The van der Waals surface area contributed by atoms with Gasteiger partial charge in [-0.2, -0.15) is 17.6 Å². The monoisotopic (exact) mass is 566 g/mol. The number of alkyl halides is 6. The summed E-state index contributed by atoms with van der Waals surface area (Å²) in [6.45, 7) is 2.15. The van der Waals surface area contributed by atoms with Crippen molar-refractivity contribution < 1.29 is 35.5 Å². The molecule has 0 atom stereocenters. The predicted molar refractivity (Wildman–Crippen MR) is 140 cm³/mol. The van der Waals surface area contributed by atoms with Crippen molar-refractivity contribution in [2.45, 2.75) is 128 Å². The summed E-state index contributed by atoms with van der Waals surface area (Å²) in [6, 6.07) is 3.57. The Morgan fingerprint density at radius 3 is 1.85 bits per heavy atom. The van der Waals surface area contributed by atoms with Crippen molar-refractivity contribution in [3.63, 3.8) is 0 Å².